The van der Waals surface area contributed by atoms with Gasteiger partial charge in [-0.15, -0.1) is 11.8 Å². The van der Waals surface area contributed by atoms with Gasteiger partial charge in [0.2, 0.25) is 0 Å². The van der Waals surface area contributed by atoms with E-state index in [0.717, 1.165) is 4.90 Å². The van der Waals surface area contributed by atoms with Gasteiger partial charge in [-0.05, 0) is 56.5 Å². The van der Waals surface area contributed by atoms with Crippen LogP contribution in [0.15, 0.2) is 53.4 Å². The molecule has 2 aromatic rings. The third-order valence-corrected chi connectivity index (χ3v) is 3.93. The Morgan fingerprint density at radius 1 is 1.17 bits per heavy atom. The summed E-state index contributed by atoms with van der Waals surface area (Å²) in [6.07, 6.45) is 1.41. The van der Waals surface area contributed by atoms with Crippen molar-refractivity contribution in [1.29, 1.82) is 0 Å². The number of thioether (sulfide) groups is 1. The smallest absolute Gasteiger partial charge is 0.265 e. The highest BCUT2D eigenvalue weighted by atomic mass is 32.2. The summed E-state index contributed by atoms with van der Waals surface area (Å²) in [5.74, 6) is 1.11. The first kappa shape index (κ1) is 17.2. The van der Waals surface area contributed by atoms with Crippen LogP contribution in [0.2, 0.25) is 0 Å². The van der Waals surface area contributed by atoms with Gasteiger partial charge in [0.25, 0.3) is 5.91 Å². The standard InChI is InChI=1S/C18H21NO3S/c1-4-21-17-8-6-5-7-16(17)19-18(20)13(2)22-14-9-11-15(23-3)12-10-14/h5-13H,4H2,1-3H3,(H,19,20). The molecule has 4 nitrogen and oxygen atoms in total. The zero-order valence-corrected chi connectivity index (χ0v) is 14.4. The molecule has 0 fully saturated rings. The molecule has 1 N–H and O–H groups in total. The lowest BCUT2D eigenvalue weighted by Crippen LogP contribution is -2.30. The highest BCUT2D eigenvalue weighted by molar-refractivity contribution is 7.98. The van der Waals surface area contributed by atoms with Crippen LogP contribution in [0.1, 0.15) is 13.8 Å². The molecule has 0 aromatic heterocycles. The number of nitrogens with one attached hydrogen (secondary N) is 1. The highest BCUT2D eigenvalue weighted by Gasteiger charge is 2.16. The molecule has 2 aromatic carbocycles. The molecule has 122 valence electrons. The fourth-order valence-corrected chi connectivity index (χ4v) is 2.41. The zero-order chi connectivity index (χ0) is 16.7. The highest BCUT2D eigenvalue weighted by Crippen LogP contribution is 2.24. The number of anilines is 1. The number of hydrogen-bond acceptors (Lipinski definition) is 4. The number of hydrogen-bond donors (Lipinski definition) is 1. The van der Waals surface area contributed by atoms with Gasteiger partial charge in [0.15, 0.2) is 6.10 Å². The van der Waals surface area contributed by atoms with Gasteiger partial charge >= 0.3 is 0 Å². The van der Waals surface area contributed by atoms with E-state index in [9.17, 15) is 4.79 Å². The van der Waals surface area contributed by atoms with Gasteiger partial charge in [-0.3, -0.25) is 4.79 Å². The summed E-state index contributed by atoms with van der Waals surface area (Å²) >= 11 is 1.66. The molecule has 23 heavy (non-hydrogen) atoms. The van der Waals surface area contributed by atoms with Crippen molar-refractivity contribution < 1.29 is 14.3 Å². The number of para-hydroxylation sites is 2. The molecular formula is C18H21NO3S. The van der Waals surface area contributed by atoms with Crippen molar-refractivity contribution in [3.8, 4) is 11.5 Å². The molecule has 1 unspecified atom stereocenters. The van der Waals surface area contributed by atoms with E-state index in [-0.39, 0.29) is 5.91 Å². The Morgan fingerprint density at radius 3 is 2.52 bits per heavy atom. The largest absolute Gasteiger partial charge is 0.492 e. The average Bonchev–Trinajstić information content (AvgIpc) is 2.57. The summed E-state index contributed by atoms with van der Waals surface area (Å²) in [5, 5.41) is 2.84. The summed E-state index contributed by atoms with van der Waals surface area (Å²) in [5.41, 5.74) is 0.646. The average molecular weight is 331 g/mol. The molecule has 5 heteroatoms. The predicted molar refractivity (Wildman–Crippen MR) is 94.6 cm³/mol. The molecule has 0 saturated carbocycles. The number of amides is 1. The van der Waals surface area contributed by atoms with E-state index < -0.39 is 6.10 Å². The van der Waals surface area contributed by atoms with Gasteiger partial charge in [-0.25, -0.2) is 0 Å². The Kier molecular flexibility index (Phi) is 6.35. The minimum Gasteiger partial charge on any atom is -0.492 e. The van der Waals surface area contributed by atoms with Crippen LogP contribution in [-0.4, -0.2) is 24.9 Å². The lowest BCUT2D eigenvalue weighted by atomic mass is 10.2. The van der Waals surface area contributed by atoms with E-state index in [2.05, 4.69) is 5.32 Å². The molecule has 1 atom stereocenters. The van der Waals surface area contributed by atoms with E-state index in [1.807, 2.05) is 61.7 Å². The lowest BCUT2D eigenvalue weighted by molar-refractivity contribution is -0.122. The molecular weight excluding hydrogens is 310 g/mol. The van der Waals surface area contributed by atoms with Crippen molar-refractivity contribution in [1.82, 2.24) is 0 Å². The number of benzene rings is 2. The van der Waals surface area contributed by atoms with Crippen LogP contribution in [0.5, 0.6) is 11.5 Å². The second-order valence-corrected chi connectivity index (χ2v) is 5.73. The Hall–Kier alpha value is -2.14. The molecule has 1 amide bonds. The summed E-state index contributed by atoms with van der Waals surface area (Å²) in [4.78, 5) is 13.5. The summed E-state index contributed by atoms with van der Waals surface area (Å²) in [6.45, 7) is 4.17. The quantitative estimate of drug-likeness (QED) is 0.772. The SMILES string of the molecule is CCOc1ccccc1NC(=O)C(C)Oc1ccc(SC)cc1. The minimum atomic E-state index is -0.607. The lowest BCUT2D eigenvalue weighted by Gasteiger charge is -2.16. The van der Waals surface area contributed by atoms with Crippen LogP contribution < -0.4 is 14.8 Å². The van der Waals surface area contributed by atoms with E-state index >= 15 is 0 Å². The maximum Gasteiger partial charge on any atom is 0.265 e. The van der Waals surface area contributed by atoms with Crippen molar-refractivity contribution in [3.63, 3.8) is 0 Å². The fraction of sp³-hybridized carbons (Fsp3) is 0.278. The molecule has 0 spiro atoms. The maximum atomic E-state index is 12.3. The van der Waals surface area contributed by atoms with Gasteiger partial charge in [-0.2, -0.15) is 0 Å². The van der Waals surface area contributed by atoms with Crippen molar-refractivity contribution in [2.24, 2.45) is 0 Å². The minimum absolute atomic E-state index is 0.217. The number of rotatable bonds is 7. The molecule has 2 rings (SSSR count). The van der Waals surface area contributed by atoms with Crippen LogP contribution in [0, 0.1) is 0 Å². The van der Waals surface area contributed by atoms with Gasteiger partial charge < -0.3 is 14.8 Å². The Morgan fingerprint density at radius 2 is 1.87 bits per heavy atom. The third-order valence-electron chi connectivity index (χ3n) is 3.19. The predicted octanol–water partition coefficient (Wildman–Crippen LogP) is 4.21. The van der Waals surface area contributed by atoms with Crippen molar-refractivity contribution in [3.05, 3.63) is 48.5 Å². The monoisotopic (exact) mass is 331 g/mol. The topological polar surface area (TPSA) is 47.6 Å². The summed E-state index contributed by atoms with van der Waals surface area (Å²) < 4.78 is 11.2. The van der Waals surface area contributed by atoms with E-state index in [1.54, 1.807) is 18.7 Å². The Balaban J connectivity index is 1.99. The first-order valence-corrected chi connectivity index (χ1v) is 8.70. The van der Waals surface area contributed by atoms with Crippen LogP contribution in [0.25, 0.3) is 0 Å². The number of carbonyl (C=O) groups is 1. The molecule has 0 aliphatic rings. The first-order valence-electron chi connectivity index (χ1n) is 7.47. The molecule has 0 heterocycles. The second kappa shape index (κ2) is 8.48. The molecule has 0 aliphatic heterocycles. The van der Waals surface area contributed by atoms with Crippen molar-refractivity contribution in [2.45, 2.75) is 24.8 Å². The number of ether oxygens (including phenoxy) is 2. The second-order valence-electron chi connectivity index (χ2n) is 4.85. The van der Waals surface area contributed by atoms with E-state index in [0.29, 0.717) is 23.8 Å². The molecule has 0 bridgehead atoms. The van der Waals surface area contributed by atoms with E-state index in [4.69, 9.17) is 9.47 Å². The summed E-state index contributed by atoms with van der Waals surface area (Å²) in [7, 11) is 0. The summed E-state index contributed by atoms with van der Waals surface area (Å²) in [6, 6.07) is 15.0. The molecule has 0 saturated heterocycles. The van der Waals surface area contributed by atoms with E-state index in [1.165, 1.54) is 0 Å². The van der Waals surface area contributed by atoms with Crippen LogP contribution >= 0.6 is 11.8 Å². The Bertz CT molecular complexity index is 643. The van der Waals surface area contributed by atoms with Crippen LogP contribution in [0.4, 0.5) is 5.69 Å². The zero-order valence-electron chi connectivity index (χ0n) is 13.5. The van der Waals surface area contributed by atoms with Crippen molar-refractivity contribution in [2.75, 3.05) is 18.2 Å². The Labute approximate surface area is 141 Å². The maximum absolute atomic E-state index is 12.3. The van der Waals surface area contributed by atoms with Gasteiger partial charge in [0.05, 0.1) is 12.3 Å². The number of carbonyl (C=O) groups excluding carboxylic acids is 1. The van der Waals surface area contributed by atoms with Gasteiger partial charge in [0, 0.05) is 4.90 Å². The van der Waals surface area contributed by atoms with Crippen LogP contribution in [-0.2, 0) is 4.79 Å². The van der Waals surface area contributed by atoms with Gasteiger partial charge in [0.1, 0.15) is 11.5 Å². The van der Waals surface area contributed by atoms with Gasteiger partial charge in [-0.1, -0.05) is 12.1 Å². The third kappa shape index (κ3) is 4.93. The first-order chi connectivity index (χ1) is 11.1. The normalized spacial score (nSPS) is 11.6. The molecule has 0 radical (unpaired) electrons. The van der Waals surface area contributed by atoms with Crippen LogP contribution in [0.3, 0.4) is 0 Å². The fourth-order valence-electron chi connectivity index (χ4n) is 2.00. The van der Waals surface area contributed by atoms with Crippen molar-refractivity contribution >= 4 is 23.4 Å². The molecule has 0 aliphatic carbocycles.